The van der Waals surface area contributed by atoms with Gasteiger partial charge in [0.25, 0.3) is 0 Å². The van der Waals surface area contributed by atoms with E-state index in [2.05, 4.69) is 5.32 Å². The van der Waals surface area contributed by atoms with Crippen LogP contribution < -0.4 is 15.0 Å². The number of phenols is 1. The van der Waals surface area contributed by atoms with E-state index in [1.807, 2.05) is 0 Å². The molecule has 9 N–H and O–H groups in total. The number of aliphatic hydroxyl groups excluding tert-OH is 4. The molecule has 2 fully saturated rings. The molecule has 15 nitrogen and oxygen atoms in total. The summed E-state index contributed by atoms with van der Waals surface area (Å²) >= 11 is 0. The second-order valence-corrected chi connectivity index (χ2v) is 9.69. The number of fused-ring (bicyclic) bond motifs is 1. The van der Waals surface area contributed by atoms with Crippen LogP contribution in [-0.4, -0.2) is 121 Å². The van der Waals surface area contributed by atoms with Crippen molar-refractivity contribution < 1.29 is 64.7 Å². The highest BCUT2D eigenvalue weighted by atomic mass is 16.7. The largest absolute Gasteiger partial charge is 0.504 e. The van der Waals surface area contributed by atoms with Gasteiger partial charge in [-0.2, -0.15) is 0 Å². The summed E-state index contributed by atoms with van der Waals surface area (Å²) in [5, 5.41) is 81.2. The first-order valence-electron chi connectivity index (χ1n) is 12.1. The molecular formula is C24H30N2O13. The van der Waals surface area contributed by atoms with Gasteiger partial charge in [0.2, 0.25) is 6.29 Å². The fourth-order valence-electron chi connectivity index (χ4n) is 5.03. The normalized spacial score (nSPS) is 32.4. The molecule has 0 radical (unpaired) electrons. The van der Waals surface area contributed by atoms with Crippen LogP contribution in [0.1, 0.15) is 18.4 Å². The minimum Gasteiger partial charge on any atom is -0.504 e. The summed E-state index contributed by atoms with van der Waals surface area (Å²) in [7, 11) is 0. The van der Waals surface area contributed by atoms with Crippen molar-refractivity contribution >= 4 is 23.6 Å². The van der Waals surface area contributed by atoms with E-state index in [0.717, 1.165) is 0 Å². The van der Waals surface area contributed by atoms with E-state index in [-0.39, 0.29) is 31.6 Å². The lowest BCUT2D eigenvalue weighted by atomic mass is 9.92. The molecule has 0 saturated carbocycles. The average Bonchev–Trinajstić information content (AvgIpc) is 3.24. The van der Waals surface area contributed by atoms with E-state index in [4.69, 9.17) is 9.47 Å². The van der Waals surface area contributed by atoms with Gasteiger partial charge in [0, 0.05) is 24.7 Å². The number of ether oxygens (including phenoxy) is 2. The molecule has 1 aromatic carbocycles. The Labute approximate surface area is 221 Å². The van der Waals surface area contributed by atoms with Crippen molar-refractivity contribution in [3.8, 4) is 11.5 Å². The van der Waals surface area contributed by atoms with Gasteiger partial charge in [-0.1, -0.05) is 11.6 Å². The smallest absolute Gasteiger partial charge is 0.326 e. The van der Waals surface area contributed by atoms with E-state index in [1.165, 1.54) is 17.0 Å². The topological polar surface area (TPSA) is 247 Å². The zero-order chi connectivity index (χ0) is 28.6. The van der Waals surface area contributed by atoms with Gasteiger partial charge in [0.15, 0.2) is 11.5 Å². The molecular weight excluding hydrogens is 524 g/mol. The number of phenolic OH excluding ortho intramolecular Hbond substituents is 1. The van der Waals surface area contributed by atoms with Gasteiger partial charge in [-0.15, -0.1) is 0 Å². The van der Waals surface area contributed by atoms with Crippen LogP contribution in [0.15, 0.2) is 23.8 Å². The fraction of sp³-hybridized carbons (Fsp3) is 0.542. The van der Waals surface area contributed by atoms with Crippen molar-refractivity contribution in [2.45, 2.75) is 68.1 Å². The fourth-order valence-corrected chi connectivity index (χ4v) is 5.03. The Hall–Kier alpha value is -3.47. The minimum absolute atomic E-state index is 0.00375. The Bertz CT molecular complexity index is 1130. The highest BCUT2D eigenvalue weighted by molar-refractivity contribution is 5.83. The Kier molecular flexibility index (Phi) is 8.29. The van der Waals surface area contributed by atoms with Crippen LogP contribution in [0.4, 0.5) is 5.69 Å². The van der Waals surface area contributed by atoms with Gasteiger partial charge in [-0.25, -0.2) is 4.79 Å². The van der Waals surface area contributed by atoms with Crippen LogP contribution in [-0.2, 0) is 25.5 Å². The van der Waals surface area contributed by atoms with Crippen LogP contribution >= 0.6 is 0 Å². The number of hydrogen-bond acceptors (Lipinski definition) is 12. The SMILES string of the molecule is O=C(O)C1CC(=CCN2c3cc(O)c(OC4OC(CO)C(O)C(O)C4O)cc3CC2C(=O)O)CC(C(=O)O)N1. The van der Waals surface area contributed by atoms with Gasteiger partial charge in [-0.3, -0.25) is 14.9 Å². The quantitative estimate of drug-likeness (QED) is 0.152. The van der Waals surface area contributed by atoms with E-state index >= 15 is 0 Å². The molecule has 3 heterocycles. The van der Waals surface area contributed by atoms with Gasteiger partial charge >= 0.3 is 17.9 Å². The maximum Gasteiger partial charge on any atom is 0.326 e. The van der Waals surface area contributed by atoms with Crippen LogP contribution in [0, 0.1) is 0 Å². The molecule has 0 amide bonds. The van der Waals surface area contributed by atoms with Gasteiger partial charge in [-0.05, 0) is 24.5 Å². The number of carboxylic acid groups (broad SMARTS) is 3. The Balaban J connectivity index is 1.57. The molecule has 0 bridgehead atoms. The van der Waals surface area contributed by atoms with E-state index in [1.54, 1.807) is 6.08 Å². The van der Waals surface area contributed by atoms with Crippen LogP contribution in [0.3, 0.4) is 0 Å². The average molecular weight is 555 g/mol. The van der Waals surface area contributed by atoms with Crippen molar-refractivity contribution in [3.05, 3.63) is 29.3 Å². The molecule has 0 spiro atoms. The molecule has 214 valence electrons. The van der Waals surface area contributed by atoms with Crippen molar-refractivity contribution in [2.75, 3.05) is 18.1 Å². The maximum atomic E-state index is 12.0. The van der Waals surface area contributed by atoms with Crippen molar-refractivity contribution in [2.24, 2.45) is 0 Å². The number of benzene rings is 1. The molecule has 2 saturated heterocycles. The van der Waals surface area contributed by atoms with Gasteiger partial charge < -0.3 is 55.2 Å². The number of carboxylic acids is 3. The molecule has 0 aliphatic carbocycles. The lowest BCUT2D eigenvalue weighted by molar-refractivity contribution is -0.277. The molecule has 8 atom stereocenters. The van der Waals surface area contributed by atoms with Gasteiger partial charge in [0.05, 0.1) is 6.61 Å². The number of nitrogens with zero attached hydrogens (tertiary/aromatic N) is 1. The summed E-state index contributed by atoms with van der Waals surface area (Å²) in [5.74, 6) is -4.24. The number of aliphatic carboxylic acids is 3. The summed E-state index contributed by atoms with van der Waals surface area (Å²) in [6.07, 6.45) is -6.16. The third-order valence-corrected chi connectivity index (χ3v) is 7.14. The predicted molar refractivity (Wildman–Crippen MR) is 128 cm³/mol. The summed E-state index contributed by atoms with van der Waals surface area (Å²) < 4.78 is 10.8. The standard InChI is InChI=1S/C24H30N2O13/c27-8-17-18(29)19(30)20(31)24(39-17)38-16-6-10-5-14(23(36)37)26(13(10)7-15(16)28)2-1-9-3-11(21(32)33)25-12(4-9)22(34)35/h1,6-7,11-12,14,17-20,24-25,27-31H,2-5,8H2,(H,32,33)(H,34,35)(H,36,37). The highest BCUT2D eigenvalue weighted by Crippen LogP contribution is 2.41. The number of piperidine rings is 1. The van der Waals surface area contributed by atoms with Crippen molar-refractivity contribution in [3.63, 3.8) is 0 Å². The molecule has 0 aromatic heterocycles. The van der Waals surface area contributed by atoms with Gasteiger partial charge in [0.1, 0.15) is 42.5 Å². The lowest BCUT2D eigenvalue weighted by Gasteiger charge is -2.39. The minimum atomic E-state index is -1.72. The summed E-state index contributed by atoms with van der Waals surface area (Å²) in [4.78, 5) is 36.4. The third kappa shape index (κ3) is 5.78. The van der Waals surface area contributed by atoms with E-state index in [9.17, 15) is 55.2 Å². The Morgan fingerprint density at radius 2 is 1.62 bits per heavy atom. The zero-order valence-electron chi connectivity index (χ0n) is 20.5. The number of nitrogens with one attached hydrogen (secondary N) is 1. The summed E-state index contributed by atoms with van der Waals surface area (Å²) in [6.45, 7) is -0.688. The number of anilines is 1. The number of hydrogen-bond donors (Lipinski definition) is 9. The second kappa shape index (κ2) is 11.3. The number of aliphatic hydroxyl groups is 4. The number of carbonyl (C=O) groups is 3. The first-order valence-corrected chi connectivity index (χ1v) is 12.1. The molecule has 8 unspecified atom stereocenters. The molecule has 3 aliphatic rings. The van der Waals surface area contributed by atoms with E-state index < -0.39 is 79.1 Å². The molecule has 4 rings (SSSR count). The number of rotatable bonds is 8. The molecule has 39 heavy (non-hydrogen) atoms. The molecule has 15 heteroatoms. The Morgan fingerprint density at radius 1 is 0.974 bits per heavy atom. The highest BCUT2D eigenvalue weighted by Gasteiger charge is 2.45. The predicted octanol–water partition coefficient (Wildman–Crippen LogP) is -2.40. The first kappa shape index (κ1) is 28.5. The molecule has 3 aliphatic heterocycles. The van der Waals surface area contributed by atoms with Crippen LogP contribution in [0.2, 0.25) is 0 Å². The molecule has 1 aromatic rings. The van der Waals surface area contributed by atoms with Crippen LogP contribution in [0.25, 0.3) is 0 Å². The first-order chi connectivity index (χ1) is 18.4. The zero-order valence-corrected chi connectivity index (χ0v) is 20.5. The Morgan fingerprint density at radius 3 is 2.18 bits per heavy atom. The van der Waals surface area contributed by atoms with Crippen molar-refractivity contribution in [1.29, 1.82) is 0 Å². The summed E-state index contributed by atoms with van der Waals surface area (Å²) in [6, 6.07) is -0.693. The number of aromatic hydroxyl groups is 1. The van der Waals surface area contributed by atoms with E-state index in [0.29, 0.717) is 16.8 Å². The third-order valence-electron chi connectivity index (χ3n) is 7.14. The van der Waals surface area contributed by atoms with Crippen LogP contribution in [0.5, 0.6) is 11.5 Å². The monoisotopic (exact) mass is 554 g/mol. The summed E-state index contributed by atoms with van der Waals surface area (Å²) in [5.41, 5.74) is 1.32. The maximum absolute atomic E-state index is 12.0. The van der Waals surface area contributed by atoms with Crippen molar-refractivity contribution in [1.82, 2.24) is 5.32 Å². The second-order valence-electron chi connectivity index (χ2n) is 9.69. The lowest BCUT2D eigenvalue weighted by Crippen LogP contribution is -2.60.